The molecule has 2 atom stereocenters. The Kier molecular flexibility index (Phi) is 8.70. The number of fused-ring (bicyclic) bond motifs is 6. The van der Waals surface area contributed by atoms with Crippen LogP contribution >= 0.6 is 0 Å². The van der Waals surface area contributed by atoms with Crippen LogP contribution in [0.25, 0.3) is 22.0 Å². The summed E-state index contributed by atoms with van der Waals surface area (Å²) in [7, 11) is 6.12. The number of allylic oxidation sites excluding steroid dienone is 6. The number of nitrogens with zero attached hydrogens (tertiary/aromatic N) is 11. The molecule has 13 heteroatoms. The van der Waals surface area contributed by atoms with Gasteiger partial charge in [-0.1, -0.05) is 30.3 Å². The maximum absolute atomic E-state index is 5.45. The Balaban J connectivity index is 0.00000427. The second-order valence-electron chi connectivity index (χ2n) is 14.6. The molecule has 2 unspecified atom stereocenters. The second-order valence-corrected chi connectivity index (χ2v) is 14.6. The predicted octanol–water partition coefficient (Wildman–Crippen LogP) is 6.79. The average Bonchev–Trinajstić information content (AvgIpc) is 4.02. The largest absolute Gasteiger partial charge is 3.00 e. The van der Waals surface area contributed by atoms with Gasteiger partial charge in [0.2, 0.25) is 0 Å². The normalized spacial score (nSPS) is 22.8. The van der Waals surface area contributed by atoms with Gasteiger partial charge in [0.1, 0.15) is 23.3 Å². The van der Waals surface area contributed by atoms with Gasteiger partial charge < -0.3 is 29.0 Å². The van der Waals surface area contributed by atoms with Crippen molar-refractivity contribution in [1.82, 2.24) is 43.6 Å². The smallest absolute Gasteiger partial charge is 0.677 e. The van der Waals surface area contributed by atoms with Crippen molar-refractivity contribution in [2.24, 2.45) is 31.1 Å². The quantitative estimate of drug-likeness (QED) is 0.201. The van der Waals surface area contributed by atoms with Gasteiger partial charge in [-0.15, -0.1) is 17.1 Å². The number of aromatic amines is 1. The zero-order chi connectivity index (χ0) is 37.7. The molecule has 8 bridgehead atoms. The molecule has 0 radical (unpaired) electrons. The van der Waals surface area contributed by atoms with Crippen LogP contribution in [-0.4, -0.2) is 56.1 Å². The van der Waals surface area contributed by atoms with Gasteiger partial charge in [0.25, 0.3) is 0 Å². The van der Waals surface area contributed by atoms with Gasteiger partial charge in [-0.05, 0) is 72.8 Å². The van der Waals surface area contributed by atoms with Gasteiger partial charge >= 0.3 is 17.1 Å². The first kappa shape index (κ1) is 36.2. The molecular formula is C42H42MnN12+. The van der Waals surface area contributed by atoms with Crippen molar-refractivity contribution < 1.29 is 17.1 Å². The summed E-state index contributed by atoms with van der Waals surface area (Å²) in [6, 6.07) is 3.81. The standard InChI is InChI=1S/C42H42N12.Mn/c1-20-19-43-40(52(20)8)36-29-13-11-27(48-29)35(39-44-21(2)22(3)45-39)28-12-14-31(49-28)37(41-46-23(4)25(6)53(41)9)33-17-18-34(51-33)38(32-16-15-30(36)50-32)42-47-24(5)26(7)54(42)10;/h11-19,28,35H,1-10H3,(H,44,45);/q-2;+3/b36-29+,37-31+,38-34+;. The number of rotatable bonds is 4. The maximum atomic E-state index is 5.45. The first-order chi connectivity index (χ1) is 25.9. The Morgan fingerprint density at radius 3 is 1.85 bits per heavy atom. The zero-order valence-corrected chi connectivity index (χ0v) is 33.8. The summed E-state index contributed by atoms with van der Waals surface area (Å²) in [5, 5.41) is 5.45. The molecule has 0 amide bonds. The summed E-state index contributed by atoms with van der Waals surface area (Å²) in [6.07, 6.45) is 14.4. The van der Waals surface area contributed by atoms with Crippen LogP contribution in [0.4, 0.5) is 0 Å². The molecule has 9 rings (SSSR count). The maximum Gasteiger partial charge on any atom is 3.00 e. The van der Waals surface area contributed by atoms with Crippen molar-refractivity contribution in [1.29, 1.82) is 0 Å². The Bertz CT molecular complexity index is 2680. The van der Waals surface area contributed by atoms with Crippen LogP contribution in [0.1, 0.15) is 80.5 Å². The van der Waals surface area contributed by atoms with Crippen LogP contribution in [0.3, 0.4) is 0 Å². The van der Waals surface area contributed by atoms with E-state index in [0.29, 0.717) is 0 Å². The van der Waals surface area contributed by atoms with Crippen molar-refractivity contribution in [2.75, 3.05) is 0 Å². The summed E-state index contributed by atoms with van der Waals surface area (Å²) in [4.78, 5) is 39.7. The number of aliphatic imine (C=N–C) groups is 2. The first-order valence-corrected chi connectivity index (χ1v) is 18.2. The summed E-state index contributed by atoms with van der Waals surface area (Å²) in [5.74, 6) is 2.91. The Morgan fingerprint density at radius 1 is 0.655 bits per heavy atom. The number of hydrogen-bond acceptors (Lipinski definition) is 6. The molecule has 0 saturated heterocycles. The molecule has 1 N–H and O–H groups in total. The van der Waals surface area contributed by atoms with E-state index in [2.05, 4.69) is 88.0 Å². The van der Waals surface area contributed by atoms with Crippen molar-refractivity contribution >= 4 is 28.1 Å². The van der Waals surface area contributed by atoms with E-state index in [4.69, 9.17) is 40.2 Å². The minimum Gasteiger partial charge on any atom is -0.677 e. The third-order valence-corrected chi connectivity index (χ3v) is 11.4. The monoisotopic (exact) mass is 769 g/mol. The number of aryl methyl sites for hydroxylation is 5. The molecular weight excluding hydrogens is 727 g/mol. The molecule has 12 nitrogen and oxygen atoms in total. The summed E-state index contributed by atoms with van der Waals surface area (Å²) >= 11 is 0. The van der Waals surface area contributed by atoms with E-state index in [0.717, 1.165) is 120 Å². The predicted molar refractivity (Wildman–Crippen MR) is 212 cm³/mol. The molecule has 0 fully saturated rings. The molecule has 0 aromatic carbocycles. The van der Waals surface area contributed by atoms with Crippen LogP contribution in [0, 0.1) is 48.5 Å². The van der Waals surface area contributed by atoms with E-state index < -0.39 is 0 Å². The summed E-state index contributed by atoms with van der Waals surface area (Å²) in [6.45, 7) is 14.4. The van der Waals surface area contributed by atoms with Gasteiger partial charge in [-0.25, -0.2) is 24.9 Å². The zero-order valence-electron chi connectivity index (χ0n) is 32.6. The van der Waals surface area contributed by atoms with E-state index in [1.807, 2.05) is 55.0 Å². The van der Waals surface area contributed by atoms with Crippen molar-refractivity contribution in [3.8, 4) is 0 Å². The molecule has 0 aliphatic carbocycles. The van der Waals surface area contributed by atoms with E-state index in [-0.39, 0.29) is 29.0 Å². The van der Waals surface area contributed by atoms with E-state index in [1.165, 1.54) is 0 Å². The Hall–Kier alpha value is -5.78. The number of nitrogens with one attached hydrogen (secondary N) is 1. The fraction of sp³-hybridized carbons (Fsp3) is 0.286. The van der Waals surface area contributed by atoms with Gasteiger partial charge in [0.15, 0.2) is 0 Å². The van der Waals surface area contributed by atoms with Crippen molar-refractivity contribution in [3.63, 3.8) is 0 Å². The Morgan fingerprint density at radius 2 is 1.27 bits per heavy atom. The molecule has 5 aromatic rings. The fourth-order valence-electron chi connectivity index (χ4n) is 7.63. The summed E-state index contributed by atoms with van der Waals surface area (Å²) in [5.41, 5.74) is 15.1. The molecule has 9 heterocycles. The molecule has 55 heavy (non-hydrogen) atoms. The van der Waals surface area contributed by atoms with Crippen molar-refractivity contribution in [2.45, 2.75) is 60.4 Å². The minimum atomic E-state index is -0.296. The van der Waals surface area contributed by atoms with Gasteiger partial charge in [0.05, 0.1) is 39.9 Å². The third-order valence-electron chi connectivity index (χ3n) is 11.4. The van der Waals surface area contributed by atoms with Crippen LogP contribution in [0.15, 0.2) is 81.9 Å². The molecule has 0 spiro atoms. The molecule has 4 aliphatic rings. The SMILES string of the molecule is Cc1nc(C2C3=N/C(=C(/c4ncc(C)n4C)c4ccc([n-]4)/C(c4nc(C)c(C)n4C)=C4/C=CC(=N4)/C(c4nc(C)c(C)n4C)=C4/C=CC2[N-]4)C=C3)[nH]c1C.[Mn+3]. The first-order valence-electron chi connectivity index (χ1n) is 18.2. The van der Waals surface area contributed by atoms with Crippen LogP contribution in [0.2, 0.25) is 0 Å². The van der Waals surface area contributed by atoms with Crippen LogP contribution < -0.4 is 4.98 Å². The molecule has 0 saturated carbocycles. The van der Waals surface area contributed by atoms with Gasteiger partial charge in [-0.3, -0.25) is 4.99 Å². The third kappa shape index (κ3) is 5.63. The number of H-pyrrole nitrogens is 1. The molecule has 5 aromatic heterocycles. The number of aromatic nitrogens is 9. The van der Waals surface area contributed by atoms with Gasteiger partial charge in [-0.2, -0.15) is 0 Å². The Labute approximate surface area is 330 Å². The van der Waals surface area contributed by atoms with E-state index >= 15 is 0 Å². The fourth-order valence-corrected chi connectivity index (χ4v) is 7.63. The molecule has 4 aliphatic heterocycles. The molecule has 276 valence electrons. The minimum absolute atomic E-state index is 0. The van der Waals surface area contributed by atoms with Gasteiger partial charge in [0, 0.05) is 72.8 Å². The summed E-state index contributed by atoms with van der Waals surface area (Å²) < 4.78 is 6.33. The van der Waals surface area contributed by atoms with Crippen molar-refractivity contribution in [3.05, 3.63) is 152 Å². The van der Waals surface area contributed by atoms with Crippen LogP contribution in [-0.2, 0) is 38.2 Å². The van der Waals surface area contributed by atoms with Crippen LogP contribution in [0.5, 0.6) is 0 Å². The van der Waals surface area contributed by atoms with E-state index in [1.54, 1.807) is 0 Å². The number of imidazole rings is 4. The van der Waals surface area contributed by atoms with E-state index in [9.17, 15) is 0 Å². The second kappa shape index (κ2) is 13.2. The topological polar surface area (TPSA) is 135 Å². The average molecular weight is 770 g/mol. The number of hydrogen-bond donors (Lipinski definition) is 1.